The van der Waals surface area contributed by atoms with Crippen LogP contribution in [0.25, 0.3) is 10.1 Å². The van der Waals surface area contributed by atoms with E-state index in [2.05, 4.69) is 4.74 Å². The van der Waals surface area contributed by atoms with Gasteiger partial charge in [-0.15, -0.1) is 24.5 Å². The molecule has 0 saturated heterocycles. The van der Waals surface area contributed by atoms with E-state index in [9.17, 15) is 13.2 Å². The van der Waals surface area contributed by atoms with Crippen molar-refractivity contribution in [3.63, 3.8) is 0 Å². The second-order valence-electron chi connectivity index (χ2n) is 3.07. The summed E-state index contributed by atoms with van der Waals surface area (Å²) >= 11 is 1.44. The van der Waals surface area contributed by atoms with E-state index in [4.69, 9.17) is 0 Å². The van der Waals surface area contributed by atoms with Gasteiger partial charge in [-0.1, -0.05) is 6.07 Å². The lowest BCUT2D eigenvalue weighted by atomic mass is 10.2. The maximum atomic E-state index is 12.1. The first-order chi connectivity index (χ1) is 6.96. The predicted molar refractivity (Wildman–Crippen MR) is 53.2 cm³/mol. The van der Waals surface area contributed by atoms with Crippen LogP contribution in [0, 0.1) is 6.92 Å². The number of benzene rings is 1. The summed E-state index contributed by atoms with van der Waals surface area (Å²) in [5, 5.41) is 0.511. The summed E-state index contributed by atoms with van der Waals surface area (Å²) < 4.78 is 40.9. The Balaban J connectivity index is 2.51. The molecule has 0 amide bonds. The molecule has 0 fully saturated rings. The Hall–Kier alpha value is -1.23. The summed E-state index contributed by atoms with van der Waals surface area (Å²) in [6, 6.07) is 6.35. The van der Waals surface area contributed by atoms with E-state index in [0.29, 0.717) is 5.39 Å². The van der Waals surface area contributed by atoms with Gasteiger partial charge in [-0.2, -0.15) is 0 Å². The predicted octanol–water partition coefficient (Wildman–Crippen LogP) is 4.11. The van der Waals surface area contributed by atoms with Crippen molar-refractivity contribution in [3.05, 3.63) is 29.1 Å². The SMILES string of the molecule is Cc1cc2c(OC(F)(F)F)cccc2s1. The van der Waals surface area contributed by atoms with Crippen LogP contribution in [-0.4, -0.2) is 6.36 Å². The van der Waals surface area contributed by atoms with Gasteiger partial charge in [-0.05, 0) is 25.1 Å². The number of thiophene rings is 1. The highest BCUT2D eigenvalue weighted by atomic mass is 32.1. The Bertz CT molecular complexity index is 487. The Kier molecular flexibility index (Phi) is 2.34. The van der Waals surface area contributed by atoms with Crippen LogP contribution < -0.4 is 4.74 Å². The average Bonchev–Trinajstić information content (AvgIpc) is 2.43. The number of rotatable bonds is 1. The molecular weight excluding hydrogens is 225 g/mol. The summed E-state index contributed by atoms with van der Waals surface area (Å²) in [5.74, 6) is -0.135. The van der Waals surface area contributed by atoms with Crippen LogP contribution in [0.2, 0.25) is 0 Å². The zero-order valence-corrected chi connectivity index (χ0v) is 8.58. The molecule has 1 aromatic heterocycles. The van der Waals surface area contributed by atoms with Gasteiger partial charge in [0.1, 0.15) is 5.75 Å². The van der Waals surface area contributed by atoms with E-state index in [0.717, 1.165) is 9.58 Å². The van der Waals surface area contributed by atoms with Crippen LogP contribution in [0.3, 0.4) is 0 Å². The van der Waals surface area contributed by atoms with Crippen molar-refractivity contribution in [3.8, 4) is 5.75 Å². The van der Waals surface area contributed by atoms with Gasteiger partial charge in [-0.3, -0.25) is 0 Å². The minimum atomic E-state index is -4.63. The number of alkyl halides is 3. The quantitative estimate of drug-likeness (QED) is 0.719. The van der Waals surface area contributed by atoms with Crippen LogP contribution in [0.1, 0.15) is 4.88 Å². The molecule has 15 heavy (non-hydrogen) atoms. The first kappa shape index (κ1) is 10.3. The minimum Gasteiger partial charge on any atom is -0.405 e. The topological polar surface area (TPSA) is 9.23 Å². The largest absolute Gasteiger partial charge is 0.573 e. The molecule has 1 heterocycles. The van der Waals surface area contributed by atoms with E-state index < -0.39 is 6.36 Å². The summed E-state index contributed by atoms with van der Waals surface area (Å²) in [7, 11) is 0. The third-order valence-corrected chi connectivity index (χ3v) is 2.89. The summed E-state index contributed by atoms with van der Waals surface area (Å²) in [6.07, 6.45) is -4.63. The molecule has 0 unspecified atom stereocenters. The van der Waals surface area contributed by atoms with Gasteiger partial charge in [0.25, 0.3) is 0 Å². The normalized spacial score (nSPS) is 12.0. The van der Waals surface area contributed by atoms with Crippen LogP contribution in [0.5, 0.6) is 5.75 Å². The van der Waals surface area contributed by atoms with Crippen LogP contribution in [0.4, 0.5) is 13.2 Å². The fraction of sp³-hybridized carbons (Fsp3) is 0.200. The van der Waals surface area contributed by atoms with Crippen molar-refractivity contribution < 1.29 is 17.9 Å². The molecule has 80 valence electrons. The molecule has 0 aliphatic rings. The molecule has 0 aliphatic heterocycles. The summed E-state index contributed by atoms with van der Waals surface area (Å²) in [4.78, 5) is 0.961. The Labute approximate surface area is 88.1 Å². The van der Waals surface area contributed by atoms with Crippen LogP contribution in [-0.2, 0) is 0 Å². The molecule has 2 aromatic rings. The Morgan fingerprint density at radius 1 is 1.27 bits per heavy atom. The molecule has 0 spiro atoms. The zero-order valence-electron chi connectivity index (χ0n) is 7.76. The van der Waals surface area contributed by atoms with E-state index in [1.165, 1.54) is 17.4 Å². The lowest BCUT2D eigenvalue weighted by Crippen LogP contribution is -2.17. The van der Waals surface area contributed by atoms with Crippen molar-refractivity contribution in [1.82, 2.24) is 0 Å². The van der Waals surface area contributed by atoms with Gasteiger partial charge in [0, 0.05) is 15.0 Å². The van der Waals surface area contributed by atoms with Crippen molar-refractivity contribution in [1.29, 1.82) is 0 Å². The van der Waals surface area contributed by atoms with E-state index >= 15 is 0 Å². The van der Waals surface area contributed by atoms with Gasteiger partial charge >= 0.3 is 6.36 Å². The maximum absolute atomic E-state index is 12.1. The highest BCUT2D eigenvalue weighted by molar-refractivity contribution is 7.19. The lowest BCUT2D eigenvalue weighted by molar-refractivity contribution is -0.274. The highest BCUT2D eigenvalue weighted by Gasteiger charge is 2.31. The molecule has 1 aromatic carbocycles. The summed E-state index contributed by atoms with van der Waals surface area (Å²) in [5.41, 5.74) is 0. The number of aryl methyl sites for hydroxylation is 1. The third-order valence-electron chi connectivity index (χ3n) is 1.87. The molecule has 2 rings (SSSR count). The van der Waals surface area contributed by atoms with Gasteiger partial charge < -0.3 is 4.74 Å². The number of hydrogen-bond acceptors (Lipinski definition) is 2. The van der Waals surface area contributed by atoms with Gasteiger partial charge in [0.05, 0.1) is 0 Å². The van der Waals surface area contributed by atoms with Crippen LogP contribution in [0.15, 0.2) is 24.3 Å². The molecule has 0 atom stereocenters. The molecule has 0 bridgehead atoms. The first-order valence-electron chi connectivity index (χ1n) is 4.20. The standard InChI is InChI=1S/C10H7F3OS/c1-6-5-7-8(14-10(11,12)13)3-2-4-9(7)15-6/h2-5H,1H3. The minimum absolute atomic E-state index is 0.135. The molecule has 0 saturated carbocycles. The number of ether oxygens (including phenoxy) is 1. The number of hydrogen-bond donors (Lipinski definition) is 0. The van der Waals surface area contributed by atoms with Gasteiger partial charge in [0.15, 0.2) is 0 Å². The second-order valence-corrected chi connectivity index (χ2v) is 4.36. The highest BCUT2D eigenvalue weighted by Crippen LogP contribution is 2.34. The smallest absolute Gasteiger partial charge is 0.405 e. The Morgan fingerprint density at radius 2 is 2.00 bits per heavy atom. The van der Waals surface area contributed by atoms with Gasteiger partial charge in [0.2, 0.25) is 0 Å². The lowest BCUT2D eigenvalue weighted by Gasteiger charge is -2.09. The monoisotopic (exact) mass is 232 g/mol. The van der Waals surface area contributed by atoms with Crippen molar-refractivity contribution >= 4 is 21.4 Å². The number of halogens is 3. The second kappa shape index (κ2) is 3.41. The maximum Gasteiger partial charge on any atom is 0.573 e. The van der Waals surface area contributed by atoms with Crippen molar-refractivity contribution in [2.75, 3.05) is 0 Å². The molecule has 0 N–H and O–H groups in total. The van der Waals surface area contributed by atoms with Crippen LogP contribution >= 0.6 is 11.3 Å². The fourth-order valence-corrected chi connectivity index (χ4v) is 2.31. The Morgan fingerprint density at radius 3 is 2.67 bits per heavy atom. The zero-order chi connectivity index (χ0) is 11.1. The van der Waals surface area contributed by atoms with Crippen molar-refractivity contribution in [2.45, 2.75) is 13.3 Å². The van der Waals surface area contributed by atoms with E-state index in [1.54, 1.807) is 18.2 Å². The molecule has 0 aliphatic carbocycles. The summed E-state index contributed by atoms with van der Waals surface area (Å²) in [6.45, 7) is 1.85. The van der Waals surface area contributed by atoms with Gasteiger partial charge in [-0.25, -0.2) is 0 Å². The molecule has 0 radical (unpaired) electrons. The molecular formula is C10H7F3OS. The number of fused-ring (bicyclic) bond motifs is 1. The van der Waals surface area contributed by atoms with Crippen molar-refractivity contribution in [2.24, 2.45) is 0 Å². The fourth-order valence-electron chi connectivity index (χ4n) is 1.37. The third kappa shape index (κ3) is 2.23. The molecule has 5 heteroatoms. The molecule has 1 nitrogen and oxygen atoms in total. The first-order valence-corrected chi connectivity index (χ1v) is 5.02. The van der Waals surface area contributed by atoms with E-state index in [-0.39, 0.29) is 5.75 Å². The van der Waals surface area contributed by atoms with E-state index in [1.807, 2.05) is 6.92 Å². The average molecular weight is 232 g/mol.